The summed E-state index contributed by atoms with van der Waals surface area (Å²) in [6.07, 6.45) is 1.82. The summed E-state index contributed by atoms with van der Waals surface area (Å²) in [5, 5.41) is 22.9. The van der Waals surface area contributed by atoms with Crippen LogP contribution >= 0.6 is 9.03 Å². The van der Waals surface area contributed by atoms with E-state index < -0.39 is 12.2 Å². The van der Waals surface area contributed by atoms with Crippen LogP contribution in [0.25, 0.3) is 21.9 Å². The number of benzene rings is 3. The number of aliphatic hydroxyl groups is 2. The second-order valence-electron chi connectivity index (χ2n) is 9.02. The van der Waals surface area contributed by atoms with Crippen LogP contribution in [0.5, 0.6) is 5.75 Å². The summed E-state index contributed by atoms with van der Waals surface area (Å²) in [4.78, 5) is 24.5. The highest BCUT2D eigenvalue weighted by molar-refractivity contribution is 7.26. The molecule has 7 rings (SSSR count). The minimum atomic E-state index is -0.653. The number of carbonyl (C=O) groups excluding carboxylic acids is 1. The van der Waals surface area contributed by atoms with Crippen molar-refractivity contribution >= 4 is 48.9 Å². The Labute approximate surface area is 244 Å². The number of nitrogens with zero attached hydrogens (tertiary/aromatic N) is 3. The number of carbonyl (C=O) groups is 1. The van der Waals surface area contributed by atoms with Crippen LogP contribution in [0, 0.1) is 6.92 Å². The predicted molar refractivity (Wildman–Crippen MR) is 160 cm³/mol. The molecule has 1 fully saturated rings. The van der Waals surface area contributed by atoms with E-state index in [2.05, 4.69) is 65.9 Å². The van der Waals surface area contributed by atoms with Crippen molar-refractivity contribution < 1.29 is 33.5 Å². The average Bonchev–Trinajstić information content (AvgIpc) is 3.67. The summed E-state index contributed by atoms with van der Waals surface area (Å²) in [6, 6.07) is 20.5. The highest BCUT2D eigenvalue weighted by atomic mass is 31.1. The fraction of sp³-hybridized carbons (Fsp3) is 0.241. The van der Waals surface area contributed by atoms with Gasteiger partial charge in [0, 0.05) is 16.6 Å². The number of ether oxygens (including phenoxy) is 2. The van der Waals surface area contributed by atoms with Gasteiger partial charge in [-0.3, -0.25) is 4.79 Å². The zero-order valence-electron chi connectivity index (χ0n) is 23.1. The molecule has 0 radical (unpaired) electrons. The normalized spacial score (nSPS) is 17.3. The maximum Gasteiger partial charge on any atom is 0.292 e. The van der Waals surface area contributed by atoms with Gasteiger partial charge in [0.1, 0.15) is 29.8 Å². The summed E-state index contributed by atoms with van der Waals surface area (Å²) in [5.74, 6) is 1.74. The van der Waals surface area contributed by atoms with Crippen molar-refractivity contribution in [1.82, 2.24) is 19.9 Å². The first-order valence-electron chi connectivity index (χ1n) is 12.9. The van der Waals surface area contributed by atoms with Gasteiger partial charge in [-0.25, -0.2) is 15.0 Å². The Morgan fingerprint density at radius 2 is 1.76 bits per heavy atom. The molecule has 2 aliphatic heterocycles. The highest BCUT2D eigenvalue weighted by Crippen LogP contribution is 2.35. The van der Waals surface area contributed by atoms with Crippen LogP contribution in [-0.4, -0.2) is 69.2 Å². The molecule has 0 saturated carbocycles. The molecule has 0 bridgehead atoms. The molecule has 3 aromatic carbocycles. The van der Waals surface area contributed by atoms with Crippen LogP contribution in [0.15, 0.2) is 73.3 Å². The van der Waals surface area contributed by atoms with Crippen molar-refractivity contribution in [1.29, 1.82) is 0 Å². The van der Waals surface area contributed by atoms with Gasteiger partial charge in [-0.05, 0) is 23.9 Å². The van der Waals surface area contributed by atoms with Crippen molar-refractivity contribution in [3.63, 3.8) is 0 Å². The van der Waals surface area contributed by atoms with E-state index in [1.165, 1.54) is 24.4 Å². The quantitative estimate of drug-likeness (QED) is 0.175. The maximum atomic E-state index is 8.95. The summed E-state index contributed by atoms with van der Waals surface area (Å²) in [5.41, 5.74) is 4.82. The fourth-order valence-corrected chi connectivity index (χ4v) is 4.65. The number of anilines is 2. The maximum absolute atomic E-state index is 8.95. The van der Waals surface area contributed by atoms with Gasteiger partial charge in [-0.1, -0.05) is 54.6 Å². The van der Waals surface area contributed by atoms with Crippen LogP contribution in [-0.2, 0) is 25.4 Å². The molecule has 5 aromatic rings. The number of fused-ring (bicyclic) bond motifs is 3. The lowest BCUT2D eigenvalue weighted by Crippen LogP contribution is -2.22. The third kappa shape index (κ3) is 8.19. The molecule has 42 heavy (non-hydrogen) atoms. The van der Waals surface area contributed by atoms with Crippen LogP contribution in [0.2, 0.25) is 0 Å². The molecule has 2 aromatic heterocycles. The largest absolute Gasteiger partial charge is 0.471 e. The number of aromatic amines is 1. The first-order chi connectivity index (χ1) is 20.5. The van der Waals surface area contributed by atoms with Gasteiger partial charge in [0.2, 0.25) is 9.03 Å². The molecular formula is C29H32N5O7P. The molecule has 1 unspecified atom stereocenters. The van der Waals surface area contributed by atoms with Gasteiger partial charge in [0.25, 0.3) is 6.47 Å². The topological polar surface area (TPSA) is 161 Å². The summed E-state index contributed by atoms with van der Waals surface area (Å²) in [6.45, 7) is 3.67. The summed E-state index contributed by atoms with van der Waals surface area (Å²) in [7, 11) is 1.48. The van der Waals surface area contributed by atoms with Gasteiger partial charge < -0.3 is 39.0 Å². The van der Waals surface area contributed by atoms with E-state index in [-0.39, 0.29) is 22.2 Å². The molecule has 220 valence electrons. The number of imidazole rings is 1. The molecular weight excluding hydrogens is 561 g/mol. The molecule has 3 atom stereocenters. The predicted octanol–water partition coefficient (Wildman–Crippen LogP) is 4.19. The number of aliphatic hydroxyl groups excluding tert-OH is 2. The van der Waals surface area contributed by atoms with Crippen LogP contribution in [0.1, 0.15) is 11.1 Å². The molecule has 0 amide bonds. The van der Waals surface area contributed by atoms with Gasteiger partial charge in [0.05, 0.1) is 33.3 Å². The smallest absolute Gasteiger partial charge is 0.292 e. The van der Waals surface area contributed by atoms with Crippen molar-refractivity contribution in [3.05, 3.63) is 84.4 Å². The van der Waals surface area contributed by atoms with Gasteiger partial charge in [0.15, 0.2) is 11.5 Å². The number of para-hydroxylation sites is 1. The number of nitrogens with one attached hydrogen (secondary N) is 2. The molecule has 2 aliphatic rings. The zero-order valence-corrected chi connectivity index (χ0v) is 24.1. The third-order valence-corrected chi connectivity index (χ3v) is 6.66. The molecule has 12 nitrogen and oxygen atoms in total. The van der Waals surface area contributed by atoms with Crippen molar-refractivity contribution in [2.45, 2.75) is 25.7 Å². The van der Waals surface area contributed by atoms with E-state index >= 15 is 0 Å². The third-order valence-electron chi connectivity index (χ3n) is 6.11. The standard InChI is InChI=1S/C15H11N5.C8H9O2P.C4H8O3.C2H4O2/c1-2-6-11-10(4-1)5-3-7-12(11)20-15-13-14(17-8-16-13)18-9-19-15;1-6-3-2-4-7-5-9-11-10-8(6)7;5-3-1-7-2-4(3)6;1-4-2-3/h1-9H,(H2,16,17,18,19,20);2-4,11H,5H2,1H3;3-6H,1-2H2;2H,1H3/t;;3-,4+;. The number of methoxy groups -OCH3 is 1. The lowest BCUT2D eigenvalue weighted by molar-refractivity contribution is -0.126. The van der Waals surface area contributed by atoms with E-state index in [1.54, 1.807) is 6.33 Å². The van der Waals surface area contributed by atoms with Gasteiger partial charge in [-0.2, -0.15) is 0 Å². The molecule has 4 N–H and O–H groups in total. The Hall–Kier alpha value is -4.19. The Kier molecular flexibility index (Phi) is 11.5. The van der Waals surface area contributed by atoms with Crippen molar-refractivity contribution in [2.24, 2.45) is 0 Å². The lowest BCUT2D eigenvalue weighted by Gasteiger charge is -2.17. The van der Waals surface area contributed by atoms with Gasteiger partial charge >= 0.3 is 0 Å². The van der Waals surface area contributed by atoms with Crippen molar-refractivity contribution in [3.8, 4) is 5.75 Å². The number of aromatic nitrogens is 4. The first kappa shape index (κ1) is 30.8. The second-order valence-corrected chi connectivity index (χ2v) is 9.68. The van der Waals surface area contributed by atoms with E-state index in [9.17, 15) is 0 Å². The SMILES string of the molecule is COC=O.Cc1cccc2c1OPOC2.O[C@@H]1COC[C@@H]1O.c1ccc2c(Nc3ncnc4nc[nH]c34)cccc2c1. The number of aryl methyl sites for hydroxylation is 1. The van der Waals surface area contributed by atoms with E-state index in [1.807, 2.05) is 36.4 Å². The van der Waals surface area contributed by atoms with Crippen LogP contribution in [0.3, 0.4) is 0 Å². The lowest BCUT2D eigenvalue weighted by atomic mass is 10.1. The minimum absolute atomic E-state index is 0.165. The van der Waals surface area contributed by atoms with Crippen LogP contribution in [0.4, 0.5) is 11.5 Å². The number of rotatable bonds is 3. The first-order valence-corrected chi connectivity index (χ1v) is 13.7. The highest BCUT2D eigenvalue weighted by Gasteiger charge is 2.22. The molecule has 0 spiro atoms. The fourth-order valence-electron chi connectivity index (χ4n) is 4.00. The van der Waals surface area contributed by atoms with E-state index in [0.717, 1.165) is 33.7 Å². The summed E-state index contributed by atoms with van der Waals surface area (Å²) < 4.78 is 19.0. The average molecular weight is 594 g/mol. The van der Waals surface area contributed by atoms with Gasteiger partial charge in [-0.15, -0.1) is 0 Å². The monoisotopic (exact) mass is 593 g/mol. The second kappa shape index (κ2) is 15.7. The Balaban J connectivity index is 0.000000154. The number of hydrogen-bond acceptors (Lipinski definition) is 11. The van der Waals surface area contributed by atoms with E-state index in [0.29, 0.717) is 18.7 Å². The summed E-state index contributed by atoms with van der Waals surface area (Å²) >= 11 is 0. The van der Waals surface area contributed by atoms with Crippen molar-refractivity contribution in [2.75, 3.05) is 25.6 Å². The molecule has 13 heteroatoms. The molecule has 0 aliphatic carbocycles. The van der Waals surface area contributed by atoms with Crippen LogP contribution < -0.4 is 9.84 Å². The number of H-pyrrole nitrogens is 1. The Bertz CT molecular complexity index is 1570. The Morgan fingerprint density at radius 1 is 1.02 bits per heavy atom. The zero-order chi connectivity index (χ0) is 29.7. The van der Waals surface area contributed by atoms with E-state index in [4.69, 9.17) is 24.1 Å². The number of hydrogen-bond donors (Lipinski definition) is 4. The minimum Gasteiger partial charge on any atom is -0.471 e. The Morgan fingerprint density at radius 3 is 2.48 bits per heavy atom. The molecule has 4 heterocycles. The molecule has 1 saturated heterocycles.